The Morgan fingerprint density at radius 2 is 2.00 bits per heavy atom. The lowest BCUT2D eigenvalue weighted by molar-refractivity contribution is -0.138. The van der Waals surface area contributed by atoms with Crippen LogP contribution in [-0.4, -0.2) is 21.8 Å². The van der Waals surface area contributed by atoms with E-state index in [-0.39, 0.29) is 17.0 Å². The number of halogens is 2. The minimum Gasteiger partial charge on any atom is -0.481 e. The molecule has 0 fully saturated rings. The van der Waals surface area contributed by atoms with Crippen LogP contribution in [0.1, 0.15) is 33.8 Å². The van der Waals surface area contributed by atoms with Gasteiger partial charge in [-0.1, -0.05) is 23.2 Å². The number of Topliss-reactive ketones (excluding diaryl/α,β-unsaturated/α-hetero) is 1. The SMILES string of the molecule is Cc1ccc2[nH]cc(C(CC(=O)c3ccc(Cl)cc3F)C(=O)O)c2c1. The van der Waals surface area contributed by atoms with Gasteiger partial charge in [0.25, 0.3) is 0 Å². The molecule has 1 unspecified atom stereocenters. The highest BCUT2D eigenvalue weighted by Gasteiger charge is 2.27. The Labute approximate surface area is 148 Å². The van der Waals surface area contributed by atoms with Crippen molar-refractivity contribution in [2.45, 2.75) is 19.3 Å². The number of rotatable bonds is 5. The summed E-state index contributed by atoms with van der Waals surface area (Å²) in [5.41, 5.74) is 2.12. The van der Waals surface area contributed by atoms with Gasteiger partial charge in [0.05, 0.1) is 11.5 Å². The molecule has 128 valence electrons. The van der Waals surface area contributed by atoms with Gasteiger partial charge in [0.2, 0.25) is 0 Å². The standard InChI is InChI=1S/C19H15ClFNO3/c1-10-2-5-17-13(6-10)15(9-22-17)14(19(24)25)8-18(23)12-4-3-11(20)7-16(12)21/h2-7,9,14,22H,8H2,1H3,(H,24,25). The van der Waals surface area contributed by atoms with Gasteiger partial charge in [-0.05, 0) is 42.8 Å². The molecule has 0 saturated heterocycles. The molecule has 0 radical (unpaired) electrons. The van der Waals surface area contributed by atoms with Crippen molar-refractivity contribution in [3.63, 3.8) is 0 Å². The molecule has 0 aliphatic heterocycles. The average Bonchev–Trinajstić information content (AvgIpc) is 2.94. The molecule has 0 amide bonds. The zero-order valence-corrected chi connectivity index (χ0v) is 14.1. The van der Waals surface area contributed by atoms with Gasteiger partial charge >= 0.3 is 5.97 Å². The molecule has 0 saturated carbocycles. The quantitative estimate of drug-likeness (QED) is 0.648. The fraction of sp³-hybridized carbons (Fsp3) is 0.158. The molecule has 1 atom stereocenters. The van der Waals surface area contributed by atoms with Crippen molar-refractivity contribution in [1.82, 2.24) is 4.98 Å². The Balaban J connectivity index is 1.97. The second kappa shape index (κ2) is 6.69. The first-order valence-electron chi connectivity index (χ1n) is 7.65. The molecule has 3 rings (SSSR count). The minimum atomic E-state index is -1.13. The Morgan fingerprint density at radius 1 is 1.24 bits per heavy atom. The average molecular weight is 360 g/mol. The lowest BCUT2D eigenvalue weighted by Gasteiger charge is -2.12. The highest BCUT2D eigenvalue weighted by atomic mass is 35.5. The number of fused-ring (bicyclic) bond motifs is 1. The van der Waals surface area contributed by atoms with E-state index in [4.69, 9.17) is 11.6 Å². The Morgan fingerprint density at radius 3 is 2.68 bits per heavy atom. The largest absolute Gasteiger partial charge is 0.481 e. The van der Waals surface area contributed by atoms with E-state index in [0.717, 1.165) is 22.5 Å². The number of aromatic amines is 1. The number of nitrogens with one attached hydrogen (secondary N) is 1. The van der Waals surface area contributed by atoms with Crippen molar-refractivity contribution in [1.29, 1.82) is 0 Å². The van der Waals surface area contributed by atoms with Crippen molar-refractivity contribution >= 4 is 34.3 Å². The smallest absolute Gasteiger partial charge is 0.311 e. The summed E-state index contributed by atoms with van der Waals surface area (Å²) in [6.45, 7) is 1.90. The number of aliphatic carboxylic acids is 1. The molecule has 0 aliphatic rings. The minimum absolute atomic E-state index is 0.160. The highest BCUT2D eigenvalue weighted by Crippen LogP contribution is 2.30. The third kappa shape index (κ3) is 3.42. The van der Waals surface area contributed by atoms with Crippen LogP contribution in [0.3, 0.4) is 0 Å². The summed E-state index contributed by atoms with van der Waals surface area (Å²) < 4.78 is 13.9. The van der Waals surface area contributed by atoms with E-state index in [0.29, 0.717) is 5.56 Å². The third-order valence-corrected chi connectivity index (χ3v) is 4.40. The zero-order chi connectivity index (χ0) is 18.1. The monoisotopic (exact) mass is 359 g/mol. The summed E-state index contributed by atoms with van der Waals surface area (Å²) in [6, 6.07) is 9.35. The number of aryl methyl sites for hydroxylation is 1. The van der Waals surface area contributed by atoms with Crippen molar-refractivity contribution < 1.29 is 19.1 Å². The van der Waals surface area contributed by atoms with E-state index in [9.17, 15) is 19.1 Å². The predicted octanol–water partition coefficient (Wildman–Crippen LogP) is 4.71. The van der Waals surface area contributed by atoms with Gasteiger partial charge in [-0.25, -0.2) is 4.39 Å². The van der Waals surface area contributed by atoms with Gasteiger partial charge in [0, 0.05) is 28.5 Å². The summed E-state index contributed by atoms with van der Waals surface area (Å²) in [4.78, 5) is 27.2. The number of benzene rings is 2. The Kier molecular flexibility index (Phi) is 4.59. The first-order chi connectivity index (χ1) is 11.9. The molecule has 4 nitrogen and oxygen atoms in total. The van der Waals surface area contributed by atoms with Crippen molar-refractivity contribution in [3.05, 3.63) is 70.1 Å². The van der Waals surface area contributed by atoms with Gasteiger partial charge in [0.15, 0.2) is 5.78 Å². The van der Waals surface area contributed by atoms with Crippen molar-refractivity contribution in [2.24, 2.45) is 0 Å². The van der Waals surface area contributed by atoms with E-state index in [1.165, 1.54) is 12.1 Å². The fourth-order valence-electron chi connectivity index (χ4n) is 2.89. The van der Waals surface area contributed by atoms with E-state index in [1.807, 2.05) is 25.1 Å². The number of H-pyrrole nitrogens is 1. The molecule has 6 heteroatoms. The van der Waals surface area contributed by atoms with Gasteiger partial charge in [-0.3, -0.25) is 9.59 Å². The lowest BCUT2D eigenvalue weighted by atomic mass is 9.91. The number of hydrogen-bond acceptors (Lipinski definition) is 2. The molecule has 2 aromatic carbocycles. The number of carboxylic acids is 1. The summed E-state index contributed by atoms with van der Waals surface area (Å²) in [5.74, 6) is -3.54. The summed E-state index contributed by atoms with van der Waals surface area (Å²) in [6.07, 6.45) is 1.25. The normalized spacial score (nSPS) is 12.3. The number of carbonyl (C=O) groups excluding carboxylic acids is 1. The van der Waals surface area contributed by atoms with E-state index in [2.05, 4.69) is 4.98 Å². The van der Waals surface area contributed by atoms with Crippen molar-refractivity contribution in [2.75, 3.05) is 0 Å². The third-order valence-electron chi connectivity index (χ3n) is 4.16. The van der Waals surface area contributed by atoms with Crippen LogP contribution in [0.5, 0.6) is 0 Å². The predicted molar refractivity (Wildman–Crippen MR) is 93.8 cm³/mol. The molecule has 0 bridgehead atoms. The second-order valence-electron chi connectivity index (χ2n) is 5.94. The van der Waals surface area contributed by atoms with Gasteiger partial charge in [-0.15, -0.1) is 0 Å². The van der Waals surface area contributed by atoms with Crippen LogP contribution in [-0.2, 0) is 4.79 Å². The lowest BCUT2D eigenvalue weighted by Crippen LogP contribution is -2.17. The van der Waals surface area contributed by atoms with Crippen LogP contribution in [0.2, 0.25) is 5.02 Å². The molecule has 25 heavy (non-hydrogen) atoms. The zero-order valence-electron chi connectivity index (χ0n) is 13.3. The van der Waals surface area contributed by atoms with Gasteiger partial charge in [0.1, 0.15) is 5.82 Å². The highest BCUT2D eigenvalue weighted by molar-refractivity contribution is 6.30. The summed E-state index contributed by atoms with van der Waals surface area (Å²) in [5, 5.41) is 10.5. The molecule has 3 aromatic rings. The number of carboxylic acid groups (broad SMARTS) is 1. The fourth-order valence-corrected chi connectivity index (χ4v) is 3.04. The Bertz CT molecular complexity index is 980. The molecule has 0 aliphatic carbocycles. The van der Waals surface area contributed by atoms with Crippen LogP contribution in [0, 0.1) is 12.7 Å². The van der Waals surface area contributed by atoms with E-state index in [1.54, 1.807) is 6.20 Å². The number of ketones is 1. The number of hydrogen-bond donors (Lipinski definition) is 2. The topological polar surface area (TPSA) is 70.2 Å². The molecular formula is C19H15ClFNO3. The maximum absolute atomic E-state index is 13.9. The summed E-state index contributed by atoms with van der Waals surface area (Å²) in [7, 11) is 0. The Hall–Kier alpha value is -2.66. The van der Waals surface area contributed by atoms with Crippen LogP contribution >= 0.6 is 11.6 Å². The van der Waals surface area contributed by atoms with E-state index < -0.39 is 23.5 Å². The number of carbonyl (C=O) groups is 2. The van der Waals surface area contributed by atoms with E-state index >= 15 is 0 Å². The van der Waals surface area contributed by atoms with Gasteiger partial charge in [-0.2, -0.15) is 0 Å². The van der Waals surface area contributed by atoms with Gasteiger partial charge < -0.3 is 10.1 Å². The molecule has 2 N–H and O–H groups in total. The van der Waals surface area contributed by atoms with Crippen LogP contribution in [0.25, 0.3) is 10.9 Å². The first kappa shape index (κ1) is 17.2. The van der Waals surface area contributed by atoms with Crippen molar-refractivity contribution in [3.8, 4) is 0 Å². The maximum Gasteiger partial charge on any atom is 0.311 e. The maximum atomic E-state index is 13.9. The molecule has 1 heterocycles. The van der Waals surface area contributed by atoms with Crippen LogP contribution in [0.4, 0.5) is 4.39 Å². The summed E-state index contributed by atoms with van der Waals surface area (Å²) >= 11 is 5.69. The van der Waals surface area contributed by atoms with Crippen LogP contribution < -0.4 is 0 Å². The van der Waals surface area contributed by atoms with Crippen LogP contribution in [0.15, 0.2) is 42.6 Å². The second-order valence-corrected chi connectivity index (χ2v) is 6.37. The molecule has 1 aromatic heterocycles. The first-order valence-corrected chi connectivity index (χ1v) is 8.03. The number of aromatic nitrogens is 1. The molecule has 0 spiro atoms. The molecular weight excluding hydrogens is 345 g/mol.